The Kier molecular flexibility index (Phi) is 7.56. The molecule has 5 rings (SSSR count). The second-order valence-corrected chi connectivity index (χ2v) is 8.83. The average Bonchev–Trinajstić information content (AvgIpc) is 3.44. The van der Waals surface area contributed by atoms with E-state index in [0.29, 0.717) is 54.0 Å². The Hall–Kier alpha value is -5.09. The van der Waals surface area contributed by atoms with Gasteiger partial charge in [-0.2, -0.15) is 5.26 Å². The summed E-state index contributed by atoms with van der Waals surface area (Å²) < 4.78 is 18.1. The molecule has 1 unspecified atom stereocenters. The van der Waals surface area contributed by atoms with E-state index in [0.717, 1.165) is 11.1 Å². The van der Waals surface area contributed by atoms with E-state index >= 15 is 0 Å². The molecule has 0 bridgehead atoms. The third-order valence-corrected chi connectivity index (χ3v) is 5.93. The minimum absolute atomic E-state index is 0.0224. The number of nitriles is 1. The van der Waals surface area contributed by atoms with E-state index < -0.39 is 0 Å². The summed E-state index contributed by atoms with van der Waals surface area (Å²) in [6.07, 6.45) is 4.53. The van der Waals surface area contributed by atoms with Gasteiger partial charge in [-0.3, -0.25) is 4.79 Å². The molecule has 4 aromatic rings. The zero-order valence-electron chi connectivity index (χ0n) is 21.2. The van der Waals surface area contributed by atoms with Crippen molar-refractivity contribution in [3.8, 4) is 28.7 Å². The number of carbonyl (C=O) groups is 1. The Labute approximate surface area is 223 Å². The number of tetrazole rings is 1. The van der Waals surface area contributed by atoms with Crippen molar-refractivity contribution in [3.63, 3.8) is 0 Å². The van der Waals surface area contributed by atoms with Crippen LogP contribution in [-0.2, 0) is 11.3 Å². The molecule has 1 amide bonds. The lowest BCUT2D eigenvalue weighted by Gasteiger charge is -2.26. The molecule has 0 aliphatic carbocycles. The quantitative estimate of drug-likeness (QED) is 0.311. The summed E-state index contributed by atoms with van der Waals surface area (Å²) >= 11 is 0. The third kappa shape index (κ3) is 6.08. The molecule has 0 radical (unpaired) electrons. The fourth-order valence-electron chi connectivity index (χ4n) is 3.87. The minimum atomic E-state index is -0.284. The van der Waals surface area contributed by atoms with E-state index in [4.69, 9.17) is 14.2 Å². The zero-order valence-corrected chi connectivity index (χ0v) is 21.2. The molecule has 13 nitrogen and oxygen atoms in total. The van der Waals surface area contributed by atoms with Gasteiger partial charge in [0.1, 0.15) is 30.0 Å². The molecule has 0 spiro atoms. The molecule has 2 N–H and O–H groups in total. The molecule has 13 heteroatoms. The number of nitrogens with one attached hydrogen (secondary N) is 2. The maximum absolute atomic E-state index is 12.6. The first kappa shape index (κ1) is 25.6. The Morgan fingerprint density at radius 2 is 2.00 bits per heavy atom. The van der Waals surface area contributed by atoms with Gasteiger partial charge in [-0.05, 0) is 53.2 Å². The number of aromatic nitrogens is 6. The molecule has 2 aromatic carbocycles. The molecule has 1 aliphatic heterocycles. The highest BCUT2D eigenvalue weighted by atomic mass is 16.5. The van der Waals surface area contributed by atoms with Gasteiger partial charge in [-0.15, -0.1) is 5.10 Å². The highest BCUT2D eigenvalue weighted by Gasteiger charge is 2.21. The van der Waals surface area contributed by atoms with Crippen LogP contribution in [0.3, 0.4) is 0 Å². The number of hydrogen-bond donors (Lipinski definition) is 2. The Bertz CT molecular complexity index is 1480. The average molecular weight is 528 g/mol. The molecule has 1 fully saturated rings. The summed E-state index contributed by atoms with van der Waals surface area (Å²) in [6, 6.07) is 12.5. The first-order valence-corrected chi connectivity index (χ1v) is 12.1. The maximum Gasteiger partial charge on any atom is 0.251 e. The van der Waals surface area contributed by atoms with Crippen molar-refractivity contribution in [1.29, 1.82) is 5.26 Å². The second-order valence-electron chi connectivity index (χ2n) is 8.83. The summed E-state index contributed by atoms with van der Waals surface area (Å²) in [5.74, 6) is 1.10. The lowest BCUT2D eigenvalue weighted by Crippen LogP contribution is -2.48. The number of rotatable bonds is 10. The fraction of sp³-hybridized carbons (Fsp3) is 0.269. The Morgan fingerprint density at radius 1 is 1.18 bits per heavy atom. The number of carbonyl (C=O) groups excluding carboxylic acids is 1. The first-order chi connectivity index (χ1) is 19.0. The summed E-state index contributed by atoms with van der Waals surface area (Å²) in [5.41, 5.74) is 2.93. The summed E-state index contributed by atoms with van der Waals surface area (Å²) in [6.45, 7) is 3.32. The van der Waals surface area contributed by atoms with E-state index in [-0.39, 0.29) is 18.1 Å². The van der Waals surface area contributed by atoms with Gasteiger partial charge in [0.05, 0.1) is 44.2 Å². The molecule has 1 atom stereocenters. The van der Waals surface area contributed by atoms with Crippen LogP contribution in [0.25, 0.3) is 11.1 Å². The first-order valence-electron chi connectivity index (χ1n) is 12.1. The highest BCUT2D eigenvalue weighted by molar-refractivity contribution is 5.96. The van der Waals surface area contributed by atoms with Crippen molar-refractivity contribution in [2.45, 2.75) is 25.6 Å². The van der Waals surface area contributed by atoms with E-state index in [2.05, 4.69) is 42.2 Å². The summed E-state index contributed by atoms with van der Waals surface area (Å²) in [4.78, 5) is 21.4. The summed E-state index contributed by atoms with van der Waals surface area (Å²) in [7, 11) is 1.55. The van der Waals surface area contributed by atoms with E-state index in [9.17, 15) is 10.1 Å². The number of ether oxygens (including phenoxy) is 3. The molecular weight excluding hydrogens is 502 g/mol. The van der Waals surface area contributed by atoms with E-state index in [1.165, 1.54) is 6.33 Å². The zero-order chi connectivity index (χ0) is 27.2. The standard InChI is InChI=1S/C26H25N9O4/c1-16(12-35-15-30-33-34-35)39-24-8-17(3-4-19(24)9-27)20-10-28-26(29-11-20)32-22-7-18(5-6-23(22)37-2)25(36)31-21-13-38-14-21/h3-8,10-11,15-16,21H,12-14H2,1-2H3,(H,31,36)(H,28,29,32). The van der Waals surface area contributed by atoms with Crippen molar-refractivity contribution < 1.29 is 19.0 Å². The van der Waals surface area contributed by atoms with Gasteiger partial charge in [0.15, 0.2) is 0 Å². The van der Waals surface area contributed by atoms with Crippen LogP contribution < -0.4 is 20.1 Å². The van der Waals surface area contributed by atoms with Crippen LogP contribution in [0.2, 0.25) is 0 Å². The van der Waals surface area contributed by atoms with Gasteiger partial charge in [-0.25, -0.2) is 14.6 Å². The smallest absolute Gasteiger partial charge is 0.251 e. The molecule has 198 valence electrons. The van der Waals surface area contributed by atoms with Gasteiger partial charge in [0.25, 0.3) is 5.91 Å². The lowest BCUT2D eigenvalue weighted by molar-refractivity contribution is -0.00346. The van der Waals surface area contributed by atoms with Crippen LogP contribution in [0.5, 0.6) is 11.5 Å². The van der Waals surface area contributed by atoms with Crippen molar-refractivity contribution in [2.24, 2.45) is 0 Å². The monoisotopic (exact) mass is 527 g/mol. The molecule has 0 saturated carbocycles. The van der Waals surface area contributed by atoms with Crippen LogP contribution in [0.1, 0.15) is 22.8 Å². The van der Waals surface area contributed by atoms with Crippen LogP contribution in [0.15, 0.2) is 55.1 Å². The minimum Gasteiger partial charge on any atom is -0.495 e. The predicted octanol–water partition coefficient (Wildman–Crippen LogP) is 2.35. The largest absolute Gasteiger partial charge is 0.495 e. The normalized spacial score (nSPS) is 13.6. The number of methoxy groups -OCH3 is 1. The van der Waals surface area contributed by atoms with Crippen LogP contribution >= 0.6 is 0 Å². The highest BCUT2D eigenvalue weighted by Crippen LogP contribution is 2.30. The maximum atomic E-state index is 12.6. The molecular formula is C26H25N9O4. The second kappa shape index (κ2) is 11.5. The summed E-state index contributed by atoms with van der Waals surface area (Å²) in [5, 5.41) is 26.6. The molecule has 1 saturated heterocycles. The number of benzene rings is 2. The van der Waals surface area contributed by atoms with Crippen LogP contribution in [0.4, 0.5) is 11.6 Å². The fourth-order valence-corrected chi connectivity index (χ4v) is 3.87. The van der Waals surface area contributed by atoms with E-state index in [1.807, 2.05) is 13.0 Å². The van der Waals surface area contributed by atoms with E-state index in [1.54, 1.807) is 54.5 Å². The predicted molar refractivity (Wildman–Crippen MR) is 138 cm³/mol. The van der Waals surface area contributed by atoms with Gasteiger partial charge in [0, 0.05) is 23.5 Å². The van der Waals surface area contributed by atoms with Crippen molar-refractivity contribution in [2.75, 3.05) is 25.6 Å². The topological polar surface area (TPSA) is 162 Å². The van der Waals surface area contributed by atoms with Gasteiger partial charge in [-0.1, -0.05) is 6.07 Å². The van der Waals surface area contributed by atoms with Crippen molar-refractivity contribution in [3.05, 3.63) is 66.2 Å². The van der Waals surface area contributed by atoms with Crippen LogP contribution in [0, 0.1) is 11.3 Å². The van der Waals surface area contributed by atoms with Gasteiger partial charge >= 0.3 is 0 Å². The molecule has 39 heavy (non-hydrogen) atoms. The Balaban J connectivity index is 1.31. The number of amides is 1. The Morgan fingerprint density at radius 3 is 2.67 bits per heavy atom. The van der Waals surface area contributed by atoms with Crippen LogP contribution in [-0.4, -0.2) is 68.6 Å². The number of hydrogen-bond acceptors (Lipinski definition) is 11. The number of nitrogens with zero attached hydrogens (tertiary/aromatic N) is 7. The molecule has 3 heterocycles. The molecule has 2 aromatic heterocycles. The van der Waals surface area contributed by atoms with Gasteiger partial charge in [0.2, 0.25) is 5.95 Å². The van der Waals surface area contributed by atoms with Gasteiger partial charge < -0.3 is 24.8 Å². The van der Waals surface area contributed by atoms with Crippen molar-refractivity contribution in [1.82, 2.24) is 35.5 Å². The van der Waals surface area contributed by atoms with Crippen molar-refractivity contribution >= 4 is 17.5 Å². The molecule has 1 aliphatic rings. The number of anilines is 2. The third-order valence-electron chi connectivity index (χ3n) is 5.93. The SMILES string of the molecule is COc1ccc(C(=O)NC2COC2)cc1Nc1ncc(-c2ccc(C#N)c(OC(C)Cn3cnnn3)c2)cn1. The lowest BCUT2D eigenvalue weighted by atomic mass is 10.1.